The van der Waals surface area contributed by atoms with E-state index in [4.69, 9.17) is 0 Å². The average Bonchev–Trinajstić information content (AvgIpc) is 2.07. The minimum Gasteiger partial charge on any atom is -0.507 e. The molecule has 1 nitrogen and oxygen atoms in total. The highest BCUT2D eigenvalue weighted by Gasteiger charge is 2.19. The summed E-state index contributed by atoms with van der Waals surface area (Å²) in [7, 11) is 0. The van der Waals surface area contributed by atoms with Crippen LogP contribution in [0.5, 0.6) is 5.75 Å². The van der Waals surface area contributed by atoms with Gasteiger partial charge in [-0.05, 0) is 35.6 Å². The second-order valence-electron chi connectivity index (χ2n) is 4.49. The van der Waals surface area contributed by atoms with Gasteiger partial charge < -0.3 is 5.11 Å². The minimum absolute atomic E-state index is 0.0439. The van der Waals surface area contributed by atoms with E-state index in [-0.39, 0.29) is 5.41 Å². The molecule has 0 saturated carbocycles. The van der Waals surface area contributed by atoms with E-state index in [9.17, 15) is 5.11 Å². The Bertz CT molecular complexity index is 332. The van der Waals surface area contributed by atoms with Gasteiger partial charge in [-0.1, -0.05) is 26.8 Å². The summed E-state index contributed by atoms with van der Waals surface area (Å²) in [5, 5.41) is 9.99. The van der Waals surface area contributed by atoms with Gasteiger partial charge in [-0.15, -0.1) is 6.58 Å². The van der Waals surface area contributed by atoms with E-state index in [2.05, 4.69) is 33.4 Å². The number of phenols is 1. The lowest BCUT2D eigenvalue weighted by atomic mass is 9.85. The van der Waals surface area contributed by atoms with Crippen molar-refractivity contribution in [3.8, 4) is 5.75 Å². The molecular weight excluding hydrogens is 172 g/mol. The highest BCUT2D eigenvalue weighted by atomic mass is 16.3. The molecule has 0 amide bonds. The normalized spacial score (nSPS) is 11.4. The Kier molecular flexibility index (Phi) is 3.00. The molecule has 0 aliphatic heterocycles. The van der Waals surface area contributed by atoms with Gasteiger partial charge in [0.1, 0.15) is 5.75 Å². The van der Waals surface area contributed by atoms with Gasteiger partial charge in [-0.25, -0.2) is 0 Å². The van der Waals surface area contributed by atoms with Crippen LogP contribution in [0.25, 0.3) is 0 Å². The van der Waals surface area contributed by atoms with Crippen molar-refractivity contribution in [1.82, 2.24) is 0 Å². The Balaban J connectivity index is 3.20. The monoisotopic (exact) mass is 189 g/mol. The summed E-state index contributed by atoms with van der Waals surface area (Å²) in [4.78, 5) is 0. The summed E-state index contributed by atoms with van der Waals surface area (Å²) in [6.07, 6.45) is 2.47. The predicted octanol–water partition coefficient (Wildman–Crippen LogP) is 3.22. The van der Waals surface area contributed by atoms with Gasteiger partial charge in [-0.3, -0.25) is 0 Å². The second kappa shape index (κ2) is 3.87. The van der Waals surface area contributed by atoms with Crippen LogP contribution in [0.3, 0.4) is 0 Å². The van der Waals surface area contributed by atoms with Crippen molar-refractivity contribution in [3.05, 3.63) is 42.0 Å². The zero-order valence-corrected chi connectivity index (χ0v) is 9.09. The molecule has 14 heavy (non-hydrogen) atoms. The van der Waals surface area contributed by atoms with Crippen LogP contribution in [-0.2, 0) is 11.8 Å². The van der Waals surface area contributed by atoms with Gasteiger partial charge in [0.05, 0.1) is 0 Å². The largest absolute Gasteiger partial charge is 0.507 e. The molecule has 0 spiro atoms. The molecule has 1 aromatic rings. The first-order valence-corrected chi connectivity index (χ1v) is 4.80. The Hall–Kier alpha value is -1.24. The second-order valence-corrected chi connectivity index (χ2v) is 4.49. The van der Waals surface area contributed by atoms with Crippen molar-refractivity contribution in [2.45, 2.75) is 32.6 Å². The summed E-state index contributed by atoms with van der Waals surface area (Å²) in [5.74, 6) is 0.385. The van der Waals surface area contributed by atoms with E-state index in [1.54, 1.807) is 6.08 Å². The summed E-state index contributed by atoms with van der Waals surface area (Å²) < 4.78 is 0. The van der Waals surface area contributed by atoms with Crippen LogP contribution in [0.15, 0.2) is 24.8 Å². The van der Waals surface area contributed by atoms with Crippen LogP contribution in [-0.4, -0.2) is 5.11 Å². The first kappa shape index (κ1) is 10.8. The molecule has 0 unspecified atom stereocenters. The zero-order valence-electron chi connectivity index (χ0n) is 9.09. The maximum Gasteiger partial charge on any atom is 0.122 e. The summed E-state index contributed by atoms with van der Waals surface area (Å²) in [6, 6.07) is 6.71. The highest BCUT2D eigenvalue weighted by Crippen LogP contribution is 2.32. The van der Waals surface area contributed by atoms with Crippen molar-refractivity contribution < 1.29 is 5.11 Å². The van der Waals surface area contributed by atoms with Crippen molar-refractivity contribution >= 4 is 0 Å². The molecule has 1 N–H and O–H groups in total. The molecule has 0 bridgehead atoms. The summed E-state index contributed by atoms with van der Waals surface area (Å²) >= 11 is 0. The smallest absolute Gasteiger partial charge is 0.122 e. The number of allylic oxidation sites excluding steroid dienone is 1. The molecule has 0 fully saturated rings. The number of hydrogen-bond acceptors (Lipinski definition) is 1. The fourth-order valence-corrected chi connectivity index (χ4v) is 1.42. The van der Waals surface area contributed by atoms with Crippen LogP contribution in [0.2, 0.25) is 0 Å². The highest BCUT2D eigenvalue weighted by molar-refractivity contribution is 5.44. The third-order valence-corrected chi connectivity index (χ3v) is 2.22. The topological polar surface area (TPSA) is 20.2 Å². The molecule has 1 radical (unpaired) electrons. The van der Waals surface area contributed by atoms with E-state index in [0.717, 1.165) is 11.1 Å². The molecule has 0 aliphatic rings. The van der Waals surface area contributed by atoms with Gasteiger partial charge in [-0.2, -0.15) is 0 Å². The van der Waals surface area contributed by atoms with Gasteiger partial charge >= 0.3 is 0 Å². The fourth-order valence-electron chi connectivity index (χ4n) is 1.42. The average molecular weight is 189 g/mol. The number of benzene rings is 1. The molecule has 0 aromatic heterocycles. The SMILES string of the molecule is C=CCc1c[c]cc(C(C)(C)C)c1O. The van der Waals surface area contributed by atoms with Gasteiger partial charge in [0, 0.05) is 5.56 Å². The molecule has 0 saturated heterocycles. The van der Waals surface area contributed by atoms with Gasteiger partial charge in [0.2, 0.25) is 0 Å². The van der Waals surface area contributed by atoms with Gasteiger partial charge in [0.25, 0.3) is 0 Å². The van der Waals surface area contributed by atoms with Crippen molar-refractivity contribution in [3.63, 3.8) is 0 Å². The zero-order chi connectivity index (χ0) is 10.8. The number of aromatic hydroxyl groups is 1. The van der Waals surface area contributed by atoms with E-state index in [1.165, 1.54) is 0 Å². The minimum atomic E-state index is -0.0439. The summed E-state index contributed by atoms with van der Waals surface area (Å²) in [6.45, 7) is 9.89. The van der Waals surface area contributed by atoms with E-state index in [0.29, 0.717) is 12.2 Å². The first-order chi connectivity index (χ1) is 6.46. The van der Waals surface area contributed by atoms with Crippen LogP contribution in [0.1, 0.15) is 31.9 Å². The molecule has 0 heterocycles. The third-order valence-electron chi connectivity index (χ3n) is 2.22. The molecule has 0 atom stereocenters. The predicted molar refractivity (Wildman–Crippen MR) is 59.5 cm³/mol. The standard InChI is InChI=1S/C13H17O/c1-5-7-10-8-6-9-11(12(10)14)13(2,3)4/h5,8-9,14H,1,7H2,2-4H3. The first-order valence-electron chi connectivity index (χ1n) is 4.80. The maximum absolute atomic E-state index is 9.99. The van der Waals surface area contributed by atoms with Crippen molar-refractivity contribution in [1.29, 1.82) is 0 Å². The summed E-state index contributed by atoms with van der Waals surface area (Å²) in [5.41, 5.74) is 1.79. The van der Waals surface area contributed by atoms with E-state index >= 15 is 0 Å². The van der Waals surface area contributed by atoms with Crippen LogP contribution >= 0.6 is 0 Å². The number of rotatable bonds is 2. The van der Waals surface area contributed by atoms with Crippen LogP contribution < -0.4 is 0 Å². The molecule has 1 heteroatoms. The van der Waals surface area contributed by atoms with E-state index in [1.807, 2.05) is 12.1 Å². The molecule has 1 rings (SSSR count). The Morgan fingerprint density at radius 2 is 2.07 bits per heavy atom. The molecule has 0 aliphatic carbocycles. The molecule has 75 valence electrons. The quantitative estimate of drug-likeness (QED) is 0.708. The third kappa shape index (κ3) is 2.16. The number of phenolic OH excluding ortho intramolecular Hbond substituents is 1. The number of hydrogen-bond donors (Lipinski definition) is 1. The molecule has 1 aromatic carbocycles. The lowest BCUT2D eigenvalue weighted by molar-refractivity contribution is 0.441. The van der Waals surface area contributed by atoms with E-state index < -0.39 is 0 Å². The Morgan fingerprint density at radius 1 is 1.43 bits per heavy atom. The maximum atomic E-state index is 9.99. The Morgan fingerprint density at radius 3 is 2.57 bits per heavy atom. The van der Waals surface area contributed by atoms with Crippen molar-refractivity contribution in [2.75, 3.05) is 0 Å². The molecular formula is C13H17O. The fraction of sp³-hybridized carbons (Fsp3) is 0.385. The van der Waals surface area contributed by atoms with Gasteiger partial charge in [0.15, 0.2) is 0 Å². The van der Waals surface area contributed by atoms with Crippen LogP contribution in [0, 0.1) is 6.07 Å². The van der Waals surface area contributed by atoms with Crippen LogP contribution in [0.4, 0.5) is 0 Å². The van der Waals surface area contributed by atoms with Crippen molar-refractivity contribution in [2.24, 2.45) is 0 Å². The lowest BCUT2D eigenvalue weighted by Crippen LogP contribution is -2.11. The lowest BCUT2D eigenvalue weighted by Gasteiger charge is -2.21. The Labute approximate surface area is 86.1 Å².